The van der Waals surface area contributed by atoms with E-state index in [1.807, 2.05) is 38.1 Å². The summed E-state index contributed by atoms with van der Waals surface area (Å²) in [7, 11) is -3.97. The van der Waals surface area contributed by atoms with Gasteiger partial charge in [-0.25, -0.2) is 13.1 Å². The van der Waals surface area contributed by atoms with Crippen LogP contribution in [-0.4, -0.2) is 30.1 Å². The van der Waals surface area contributed by atoms with Crippen molar-refractivity contribution in [2.75, 3.05) is 5.32 Å². The number of para-hydroxylation sites is 1. The second-order valence-corrected chi connectivity index (χ2v) is 10.9. The first-order chi connectivity index (χ1) is 14.6. The number of hydrogen-bond donors (Lipinski definition) is 2. The van der Waals surface area contributed by atoms with Crippen LogP contribution in [0.4, 0.5) is 5.13 Å². The van der Waals surface area contributed by atoms with E-state index in [4.69, 9.17) is 16.3 Å². The van der Waals surface area contributed by atoms with Crippen molar-refractivity contribution in [2.24, 2.45) is 0 Å². The van der Waals surface area contributed by atoms with Crippen molar-refractivity contribution in [1.82, 2.24) is 14.9 Å². The van der Waals surface area contributed by atoms with Gasteiger partial charge in [-0.05, 0) is 44.2 Å². The van der Waals surface area contributed by atoms with Gasteiger partial charge in [-0.1, -0.05) is 41.1 Å². The lowest BCUT2D eigenvalue weighted by atomic mass is 9.90. The molecule has 0 bridgehead atoms. The van der Waals surface area contributed by atoms with Crippen molar-refractivity contribution in [3.05, 3.63) is 64.7 Å². The van der Waals surface area contributed by atoms with Gasteiger partial charge in [-0.15, -0.1) is 10.2 Å². The Labute approximate surface area is 188 Å². The van der Waals surface area contributed by atoms with Crippen molar-refractivity contribution in [2.45, 2.75) is 36.3 Å². The Morgan fingerprint density at radius 3 is 2.61 bits per heavy atom. The van der Waals surface area contributed by atoms with E-state index in [1.54, 1.807) is 24.3 Å². The summed E-state index contributed by atoms with van der Waals surface area (Å²) in [6, 6.07) is 13.1. The molecule has 1 atom stereocenters. The number of halogens is 1. The molecule has 3 aromatic rings. The standard InChI is InChI=1S/C20H19ClN4O4S2/c1-20(2)11-15(14-5-3-4-6-16(14)29-20)25-31(27,28)19-24-23-18(30-19)22-17(26)12-7-9-13(21)10-8-12/h3-10,15,25H,11H2,1-2H3,(H,22,23,26)/t15-/m0/s1. The molecule has 2 heterocycles. The molecule has 0 radical (unpaired) electrons. The van der Waals surface area contributed by atoms with Gasteiger partial charge in [0.2, 0.25) is 9.47 Å². The van der Waals surface area contributed by atoms with E-state index in [9.17, 15) is 13.2 Å². The highest BCUT2D eigenvalue weighted by molar-refractivity contribution is 7.91. The minimum Gasteiger partial charge on any atom is -0.487 e. The highest BCUT2D eigenvalue weighted by atomic mass is 35.5. The van der Waals surface area contributed by atoms with Crippen molar-refractivity contribution in [3.63, 3.8) is 0 Å². The van der Waals surface area contributed by atoms with E-state index < -0.39 is 27.6 Å². The van der Waals surface area contributed by atoms with Crippen LogP contribution < -0.4 is 14.8 Å². The van der Waals surface area contributed by atoms with Gasteiger partial charge in [0.15, 0.2) is 0 Å². The zero-order chi connectivity index (χ0) is 22.2. The molecule has 1 aromatic heterocycles. The van der Waals surface area contributed by atoms with E-state index in [1.165, 1.54) is 0 Å². The fraction of sp³-hybridized carbons (Fsp3) is 0.250. The van der Waals surface area contributed by atoms with E-state index >= 15 is 0 Å². The number of carbonyl (C=O) groups excluding carboxylic acids is 1. The molecule has 11 heteroatoms. The monoisotopic (exact) mass is 478 g/mol. The predicted octanol–water partition coefficient (Wildman–Crippen LogP) is 4.02. The molecular weight excluding hydrogens is 460 g/mol. The van der Waals surface area contributed by atoms with E-state index in [2.05, 4.69) is 20.2 Å². The fourth-order valence-electron chi connectivity index (χ4n) is 3.28. The summed E-state index contributed by atoms with van der Waals surface area (Å²) in [4.78, 5) is 12.3. The number of nitrogens with one attached hydrogen (secondary N) is 2. The number of carbonyl (C=O) groups is 1. The lowest BCUT2D eigenvalue weighted by Gasteiger charge is -2.37. The first-order valence-electron chi connectivity index (χ1n) is 9.34. The van der Waals surface area contributed by atoms with Crippen LogP contribution in [0.2, 0.25) is 5.02 Å². The molecule has 8 nitrogen and oxygen atoms in total. The summed E-state index contributed by atoms with van der Waals surface area (Å²) >= 11 is 6.60. The Morgan fingerprint density at radius 1 is 1.16 bits per heavy atom. The lowest BCUT2D eigenvalue weighted by molar-refractivity contribution is 0.0702. The van der Waals surface area contributed by atoms with Crippen LogP contribution in [0.5, 0.6) is 5.75 Å². The van der Waals surface area contributed by atoms with Crippen molar-refractivity contribution in [3.8, 4) is 5.75 Å². The molecule has 2 aromatic carbocycles. The van der Waals surface area contributed by atoms with Crippen LogP contribution in [0.25, 0.3) is 0 Å². The Balaban J connectivity index is 1.52. The maximum absolute atomic E-state index is 13.0. The molecule has 1 amide bonds. The third-order valence-electron chi connectivity index (χ3n) is 4.64. The number of benzene rings is 2. The number of anilines is 1. The molecule has 0 saturated carbocycles. The molecule has 31 heavy (non-hydrogen) atoms. The molecule has 0 aliphatic carbocycles. The highest BCUT2D eigenvalue weighted by Gasteiger charge is 2.36. The van der Waals surface area contributed by atoms with Gasteiger partial charge < -0.3 is 4.74 Å². The summed E-state index contributed by atoms with van der Waals surface area (Å²) in [6.07, 6.45) is 0.447. The zero-order valence-electron chi connectivity index (χ0n) is 16.6. The molecule has 4 rings (SSSR count). The first-order valence-corrected chi connectivity index (χ1v) is 12.0. The lowest BCUT2D eigenvalue weighted by Crippen LogP contribution is -2.41. The number of sulfonamides is 1. The smallest absolute Gasteiger partial charge is 0.270 e. The number of fused-ring (bicyclic) bond motifs is 1. The Hall–Kier alpha value is -2.53. The minimum atomic E-state index is -3.97. The maximum atomic E-state index is 13.0. The van der Waals surface area contributed by atoms with Crippen LogP contribution in [0, 0.1) is 0 Å². The zero-order valence-corrected chi connectivity index (χ0v) is 19.0. The van der Waals surface area contributed by atoms with E-state index in [0.717, 1.165) is 16.9 Å². The highest BCUT2D eigenvalue weighted by Crippen LogP contribution is 2.40. The molecule has 162 valence electrons. The maximum Gasteiger partial charge on any atom is 0.270 e. The SMILES string of the molecule is CC1(C)C[C@H](NS(=O)(=O)c2nnc(NC(=O)c3ccc(Cl)cc3)s2)c2ccccc2O1. The molecular formula is C20H19ClN4O4S2. The van der Waals surface area contributed by atoms with E-state index in [-0.39, 0.29) is 9.47 Å². The Morgan fingerprint density at radius 2 is 1.87 bits per heavy atom. The number of aromatic nitrogens is 2. The van der Waals surface area contributed by atoms with Crippen LogP contribution in [-0.2, 0) is 10.0 Å². The van der Waals surface area contributed by atoms with Crippen molar-refractivity contribution in [1.29, 1.82) is 0 Å². The van der Waals surface area contributed by atoms with Crippen LogP contribution in [0.1, 0.15) is 42.2 Å². The minimum absolute atomic E-state index is 0.0769. The first kappa shape index (κ1) is 21.7. The van der Waals surface area contributed by atoms with Gasteiger partial charge in [0.25, 0.3) is 15.9 Å². The summed E-state index contributed by atoms with van der Waals surface area (Å²) in [5.41, 5.74) is 0.578. The molecule has 0 unspecified atom stereocenters. The number of amides is 1. The second-order valence-electron chi connectivity index (χ2n) is 7.61. The van der Waals surface area contributed by atoms with Gasteiger partial charge in [0.05, 0.1) is 6.04 Å². The normalized spacial score (nSPS) is 17.5. The van der Waals surface area contributed by atoms with E-state index in [0.29, 0.717) is 22.8 Å². The molecule has 1 aliphatic rings. The van der Waals surface area contributed by atoms with Gasteiger partial charge in [-0.3, -0.25) is 10.1 Å². The summed E-state index contributed by atoms with van der Waals surface area (Å²) in [6.45, 7) is 3.80. The summed E-state index contributed by atoms with van der Waals surface area (Å²) in [5, 5.41) is 10.7. The fourth-order valence-corrected chi connectivity index (χ4v) is 5.54. The average molecular weight is 479 g/mol. The molecule has 2 N–H and O–H groups in total. The van der Waals surface area contributed by atoms with Gasteiger partial charge in [-0.2, -0.15) is 0 Å². The average Bonchev–Trinajstić information content (AvgIpc) is 3.17. The van der Waals surface area contributed by atoms with Crippen molar-refractivity contribution >= 4 is 44.0 Å². The van der Waals surface area contributed by atoms with Gasteiger partial charge in [0, 0.05) is 22.6 Å². The summed E-state index contributed by atoms with van der Waals surface area (Å²) in [5.74, 6) is 0.199. The molecule has 0 saturated heterocycles. The Kier molecular flexibility index (Phi) is 5.73. The molecule has 0 fully saturated rings. The third-order valence-corrected chi connectivity index (χ3v) is 7.57. The molecule has 1 aliphatic heterocycles. The van der Waals surface area contributed by atoms with Crippen LogP contribution in [0.3, 0.4) is 0 Å². The van der Waals surface area contributed by atoms with Crippen LogP contribution >= 0.6 is 22.9 Å². The quantitative estimate of drug-likeness (QED) is 0.536. The molecule has 0 spiro atoms. The van der Waals surface area contributed by atoms with Crippen molar-refractivity contribution < 1.29 is 17.9 Å². The van der Waals surface area contributed by atoms with Gasteiger partial charge in [0.1, 0.15) is 11.4 Å². The van der Waals surface area contributed by atoms with Crippen LogP contribution in [0.15, 0.2) is 52.9 Å². The number of ether oxygens (including phenoxy) is 1. The predicted molar refractivity (Wildman–Crippen MR) is 118 cm³/mol. The largest absolute Gasteiger partial charge is 0.487 e. The Bertz CT molecular complexity index is 1230. The number of nitrogens with zero attached hydrogens (tertiary/aromatic N) is 2. The number of rotatable bonds is 5. The third kappa shape index (κ3) is 4.87. The summed E-state index contributed by atoms with van der Waals surface area (Å²) < 4.78 is 34.3. The number of hydrogen-bond acceptors (Lipinski definition) is 7. The second kappa shape index (κ2) is 8.19. The van der Waals surface area contributed by atoms with Gasteiger partial charge >= 0.3 is 0 Å². The topological polar surface area (TPSA) is 110 Å².